The zero-order valence-electron chi connectivity index (χ0n) is 22.8. The van der Waals surface area contributed by atoms with Gasteiger partial charge in [-0.15, -0.1) is 0 Å². The maximum Gasteiger partial charge on any atom is 0.416 e. The zero-order chi connectivity index (χ0) is 30.7. The lowest BCUT2D eigenvalue weighted by atomic mass is 9.98. The maximum absolute atomic E-state index is 13.6. The van der Waals surface area contributed by atoms with Gasteiger partial charge in [-0.2, -0.15) is 17.5 Å². The fraction of sp³-hybridized carbons (Fsp3) is 0.357. The smallest absolute Gasteiger partial charge is 0.416 e. The first kappa shape index (κ1) is 30.9. The van der Waals surface area contributed by atoms with E-state index >= 15 is 0 Å². The van der Waals surface area contributed by atoms with Crippen LogP contribution in [-0.4, -0.2) is 58.3 Å². The third kappa shape index (κ3) is 7.23. The number of piperidine rings is 1. The molecule has 3 N–H and O–H groups in total. The maximum atomic E-state index is 13.6. The van der Waals surface area contributed by atoms with Crippen LogP contribution in [0, 0.1) is 0 Å². The average Bonchev–Trinajstić information content (AvgIpc) is 2.96. The highest BCUT2D eigenvalue weighted by Gasteiger charge is 2.41. The minimum absolute atomic E-state index is 0.0142. The molecule has 0 radical (unpaired) electrons. The van der Waals surface area contributed by atoms with Gasteiger partial charge in [-0.3, -0.25) is 4.79 Å². The van der Waals surface area contributed by atoms with Crippen molar-refractivity contribution in [1.29, 1.82) is 0 Å². The molecule has 0 aliphatic carbocycles. The summed E-state index contributed by atoms with van der Waals surface area (Å²) in [5.41, 5.74) is 0.692. The van der Waals surface area contributed by atoms with Crippen molar-refractivity contribution in [1.82, 2.24) is 19.6 Å². The molecular formula is C28H30F3N5O5S. The predicted octanol–water partition coefficient (Wildman–Crippen LogP) is 4.27. The van der Waals surface area contributed by atoms with Crippen molar-refractivity contribution >= 4 is 27.7 Å². The first-order valence-corrected chi connectivity index (χ1v) is 14.6. The highest BCUT2D eigenvalue weighted by Crippen LogP contribution is 2.32. The number of halogens is 3. The molecule has 1 fully saturated rings. The highest BCUT2D eigenvalue weighted by molar-refractivity contribution is 7.89. The summed E-state index contributed by atoms with van der Waals surface area (Å²) in [6.07, 6.45) is -2.08. The van der Waals surface area contributed by atoms with E-state index < -0.39 is 45.7 Å². The average molecular weight is 606 g/mol. The quantitative estimate of drug-likeness (QED) is 0.329. The molecule has 0 spiro atoms. The van der Waals surface area contributed by atoms with E-state index in [0.717, 1.165) is 33.8 Å². The standard InChI is InChI=1S/C28H30F3N5O5S/c1-17(2)19-5-3-18(4-6-19)14-34-26(37)24-13-21(35-25-16-32-23(15-33-25)27(38)39)11-12-36(24)42(40,41)22-9-7-20(8-10-22)28(29,30)31/h3-10,15-17,21,24H,11-14H2,1-2H3,(H,33,35)(H,34,37)(H,38,39)/t21-,24-/m1/s1. The highest BCUT2D eigenvalue weighted by atomic mass is 32.2. The molecule has 1 aliphatic rings. The molecule has 4 rings (SSSR count). The van der Waals surface area contributed by atoms with Gasteiger partial charge < -0.3 is 15.7 Å². The molecule has 0 bridgehead atoms. The lowest BCUT2D eigenvalue weighted by Crippen LogP contribution is -2.55. The Kier molecular flexibility index (Phi) is 9.16. The molecule has 3 aromatic rings. The van der Waals surface area contributed by atoms with E-state index in [0.29, 0.717) is 18.1 Å². The van der Waals surface area contributed by atoms with E-state index in [-0.39, 0.29) is 42.3 Å². The Bertz CT molecular complexity index is 1510. The van der Waals surface area contributed by atoms with E-state index in [4.69, 9.17) is 5.11 Å². The number of rotatable bonds is 9. The van der Waals surface area contributed by atoms with Gasteiger partial charge in [0.15, 0.2) is 5.69 Å². The van der Waals surface area contributed by atoms with Crippen molar-refractivity contribution < 1.29 is 36.3 Å². The first-order chi connectivity index (χ1) is 19.8. The van der Waals surface area contributed by atoms with Gasteiger partial charge in [0.2, 0.25) is 15.9 Å². The van der Waals surface area contributed by atoms with Gasteiger partial charge in [0, 0.05) is 19.1 Å². The van der Waals surface area contributed by atoms with Crippen LogP contribution in [0.4, 0.5) is 19.0 Å². The minimum atomic E-state index is -4.63. The molecule has 224 valence electrons. The third-order valence-electron chi connectivity index (χ3n) is 6.98. The van der Waals surface area contributed by atoms with Gasteiger partial charge in [0.05, 0.1) is 22.9 Å². The van der Waals surface area contributed by atoms with Crippen molar-refractivity contribution in [2.75, 3.05) is 11.9 Å². The number of aromatic nitrogens is 2. The van der Waals surface area contributed by atoms with Crippen LogP contribution in [0.3, 0.4) is 0 Å². The molecule has 0 unspecified atom stereocenters. The Balaban J connectivity index is 1.55. The number of hydrogen-bond acceptors (Lipinski definition) is 7. The number of nitrogens with zero attached hydrogens (tertiary/aromatic N) is 3. The molecular weight excluding hydrogens is 575 g/mol. The number of carbonyl (C=O) groups excluding carboxylic acids is 1. The van der Waals surface area contributed by atoms with Crippen LogP contribution < -0.4 is 10.6 Å². The summed E-state index contributed by atoms with van der Waals surface area (Å²) in [4.78, 5) is 32.0. The Labute approximate surface area is 241 Å². The molecule has 42 heavy (non-hydrogen) atoms. The number of sulfonamides is 1. The van der Waals surface area contributed by atoms with Crippen LogP contribution in [0.1, 0.15) is 59.8 Å². The number of alkyl halides is 3. The van der Waals surface area contributed by atoms with Gasteiger partial charge in [-0.1, -0.05) is 38.1 Å². The van der Waals surface area contributed by atoms with Crippen molar-refractivity contribution in [2.24, 2.45) is 0 Å². The summed E-state index contributed by atoms with van der Waals surface area (Å²) in [6.45, 7) is 4.15. The van der Waals surface area contributed by atoms with E-state index in [9.17, 15) is 31.2 Å². The van der Waals surface area contributed by atoms with Gasteiger partial charge in [0.25, 0.3) is 0 Å². The van der Waals surface area contributed by atoms with Crippen LogP contribution in [0.15, 0.2) is 65.8 Å². The number of aromatic carboxylic acids is 1. The zero-order valence-corrected chi connectivity index (χ0v) is 23.6. The predicted molar refractivity (Wildman–Crippen MR) is 147 cm³/mol. The Morgan fingerprint density at radius 1 is 1.05 bits per heavy atom. The topological polar surface area (TPSA) is 142 Å². The normalized spacial score (nSPS) is 18.0. The molecule has 14 heteroatoms. The molecule has 1 saturated heterocycles. The summed E-state index contributed by atoms with van der Waals surface area (Å²) in [6, 6.07) is 9.16. The van der Waals surface area contributed by atoms with Crippen LogP contribution in [0.5, 0.6) is 0 Å². The molecule has 0 saturated carbocycles. The molecule has 10 nitrogen and oxygen atoms in total. The Hall–Kier alpha value is -4.04. The minimum Gasteiger partial charge on any atom is -0.476 e. The third-order valence-corrected chi connectivity index (χ3v) is 8.90. The van der Waals surface area contributed by atoms with E-state index in [1.165, 1.54) is 6.20 Å². The summed E-state index contributed by atoms with van der Waals surface area (Å²) in [7, 11) is -4.34. The number of amides is 1. The van der Waals surface area contributed by atoms with E-state index in [1.54, 1.807) is 0 Å². The second-order valence-corrected chi connectivity index (χ2v) is 12.1. The van der Waals surface area contributed by atoms with E-state index in [1.807, 2.05) is 24.3 Å². The van der Waals surface area contributed by atoms with Crippen molar-refractivity contribution in [2.45, 2.75) is 62.3 Å². The van der Waals surface area contributed by atoms with Gasteiger partial charge >= 0.3 is 12.1 Å². The van der Waals surface area contributed by atoms with E-state index in [2.05, 4.69) is 34.4 Å². The Morgan fingerprint density at radius 2 is 1.71 bits per heavy atom. The summed E-state index contributed by atoms with van der Waals surface area (Å²) < 4.78 is 67.3. The van der Waals surface area contributed by atoms with Crippen molar-refractivity contribution in [3.63, 3.8) is 0 Å². The van der Waals surface area contributed by atoms with Crippen LogP contribution in [-0.2, 0) is 27.5 Å². The molecule has 1 aromatic heterocycles. The number of carboxylic acid groups (broad SMARTS) is 1. The van der Waals surface area contributed by atoms with Crippen LogP contribution in [0.2, 0.25) is 0 Å². The molecule has 2 heterocycles. The second kappa shape index (κ2) is 12.4. The largest absolute Gasteiger partial charge is 0.476 e. The number of benzene rings is 2. The summed E-state index contributed by atoms with van der Waals surface area (Å²) >= 11 is 0. The fourth-order valence-corrected chi connectivity index (χ4v) is 6.21. The number of carboxylic acids is 1. The monoisotopic (exact) mass is 605 g/mol. The molecule has 1 amide bonds. The SMILES string of the molecule is CC(C)c1ccc(CNC(=O)[C@H]2C[C@H](Nc3cnc(C(=O)O)cn3)CCN2S(=O)(=O)c2ccc(C(F)(F)F)cc2)cc1. The lowest BCUT2D eigenvalue weighted by molar-refractivity contribution is -0.137. The fourth-order valence-electron chi connectivity index (χ4n) is 4.60. The number of hydrogen-bond donors (Lipinski definition) is 3. The lowest BCUT2D eigenvalue weighted by Gasteiger charge is -2.38. The van der Waals surface area contributed by atoms with Crippen molar-refractivity contribution in [3.8, 4) is 0 Å². The van der Waals surface area contributed by atoms with Gasteiger partial charge in [-0.25, -0.2) is 23.2 Å². The van der Waals surface area contributed by atoms with Crippen molar-refractivity contribution in [3.05, 3.63) is 83.3 Å². The Morgan fingerprint density at radius 3 is 2.26 bits per heavy atom. The van der Waals surface area contributed by atoms with Gasteiger partial charge in [-0.05, 0) is 54.2 Å². The summed E-state index contributed by atoms with van der Waals surface area (Å²) in [5.74, 6) is -1.24. The second-order valence-electron chi connectivity index (χ2n) is 10.2. The van der Waals surface area contributed by atoms with Gasteiger partial charge in [0.1, 0.15) is 11.9 Å². The van der Waals surface area contributed by atoms with Crippen LogP contribution >= 0.6 is 0 Å². The molecule has 2 atom stereocenters. The first-order valence-electron chi connectivity index (χ1n) is 13.1. The number of nitrogens with one attached hydrogen (secondary N) is 2. The number of carbonyl (C=O) groups is 2. The molecule has 1 aliphatic heterocycles. The number of anilines is 1. The molecule has 2 aromatic carbocycles. The van der Waals surface area contributed by atoms with Crippen LogP contribution in [0.25, 0.3) is 0 Å². The summed E-state index contributed by atoms with van der Waals surface area (Å²) in [5, 5.41) is 14.9.